The Hall–Kier alpha value is -1.48. The number of carbonyl (C=O) groups is 3. The molecule has 1 aliphatic heterocycles. The smallest absolute Gasteiger partial charge is 0.320 e. The molecule has 3 N–H and O–H groups in total. The average molecular weight is 250 g/mol. The Morgan fingerprint density at radius 2 is 2.12 bits per heavy atom. The first-order valence-corrected chi connectivity index (χ1v) is 6.01. The normalized spacial score (nSPS) is 21.6. The van der Waals surface area contributed by atoms with Gasteiger partial charge in [-0.05, 0) is 6.42 Å². The molecule has 1 heterocycles. The van der Waals surface area contributed by atoms with E-state index in [4.69, 9.17) is 5.11 Å². The minimum Gasteiger partial charge on any atom is -0.480 e. The second-order valence-corrected chi connectivity index (χ2v) is 5.03. The highest BCUT2D eigenvalue weighted by Crippen LogP contribution is 2.05. The second kappa shape index (κ2) is 4.58. The number of nitrogens with one attached hydrogen (secondary N) is 2. The molecular weight excluding hydrogens is 240 g/mol. The summed E-state index contributed by atoms with van der Waals surface area (Å²) in [6.45, 7) is 0. The van der Waals surface area contributed by atoms with Gasteiger partial charge in [0.25, 0.3) is 0 Å². The van der Waals surface area contributed by atoms with Crippen LogP contribution in [0.25, 0.3) is 0 Å². The van der Waals surface area contributed by atoms with Crippen LogP contribution in [0.1, 0.15) is 12.8 Å². The summed E-state index contributed by atoms with van der Waals surface area (Å²) in [6, 6.07) is -1.08. The summed E-state index contributed by atoms with van der Waals surface area (Å²) < 4.78 is 24.3. The summed E-state index contributed by atoms with van der Waals surface area (Å²) in [7, 11) is -4.05. The Morgan fingerprint density at radius 3 is 2.62 bits per heavy atom. The van der Waals surface area contributed by atoms with Crippen LogP contribution in [-0.2, 0) is 24.4 Å². The van der Waals surface area contributed by atoms with Crippen LogP contribution in [0.5, 0.6) is 0 Å². The predicted molar refractivity (Wildman–Crippen MR) is 50.7 cm³/mol. The highest BCUT2D eigenvalue weighted by molar-refractivity contribution is 7.90. The van der Waals surface area contributed by atoms with Crippen LogP contribution in [0.15, 0.2) is 0 Å². The lowest BCUT2D eigenvalue weighted by Gasteiger charge is -2.21. The fourth-order valence-electron chi connectivity index (χ4n) is 1.23. The van der Waals surface area contributed by atoms with Crippen LogP contribution in [0, 0.1) is 0 Å². The first kappa shape index (κ1) is 12.6. The molecule has 0 spiro atoms. The minimum atomic E-state index is -4.05. The van der Waals surface area contributed by atoms with E-state index in [0.29, 0.717) is 0 Å². The van der Waals surface area contributed by atoms with E-state index < -0.39 is 39.6 Å². The van der Waals surface area contributed by atoms with Crippen LogP contribution in [0.2, 0.25) is 0 Å². The number of carboxylic acids is 1. The van der Waals surface area contributed by atoms with Crippen molar-refractivity contribution in [2.45, 2.75) is 18.9 Å². The molecule has 0 aliphatic carbocycles. The van der Waals surface area contributed by atoms with Gasteiger partial charge in [-0.2, -0.15) is 0 Å². The summed E-state index contributed by atoms with van der Waals surface area (Å²) in [5.74, 6) is -3.85. The zero-order chi connectivity index (χ0) is 12.3. The molecule has 0 aromatic rings. The zero-order valence-electron chi connectivity index (χ0n) is 8.10. The molecule has 90 valence electrons. The van der Waals surface area contributed by atoms with Gasteiger partial charge >= 0.3 is 5.97 Å². The first-order chi connectivity index (χ1) is 7.30. The van der Waals surface area contributed by atoms with Crippen molar-refractivity contribution >= 4 is 27.8 Å². The third kappa shape index (κ3) is 3.59. The summed E-state index contributed by atoms with van der Waals surface area (Å²) in [5.41, 5.74) is 0. The lowest BCUT2D eigenvalue weighted by molar-refractivity contribution is -0.135. The second-order valence-electron chi connectivity index (χ2n) is 3.27. The van der Waals surface area contributed by atoms with Gasteiger partial charge in [0.15, 0.2) is 5.75 Å². The Labute approximate surface area is 91.1 Å². The van der Waals surface area contributed by atoms with E-state index in [1.54, 1.807) is 0 Å². The molecule has 16 heavy (non-hydrogen) atoms. The maximum Gasteiger partial charge on any atom is 0.320 e. The Bertz CT molecular complexity index is 428. The Balaban J connectivity index is 2.64. The van der Waals surface area contributed by atoms with E-state index in [9.17, 15) is 22.8 Å². The maximum atomic E-state index is 11.2. The fraction of sp³-hybridized carbons (Fsp3) is 0.571. The standard InChI is InChI=1S/C7H10N2O6S/c10-5-2-1-4(7(13)8-5)9-16(14,15)3-6(11)12/h4,9H,1-3H2,(H,11,12)(H,8,10,13). The molecule has 1 saturated heterocycles. The highest BCUT2D eigenvalue weighted by atomic mass is 32.2. The number of aliphatic carboxylic acids is 1. The van der Waals surface area contributed by atoms with Crippen molar-refractivity contribution in [2.75, 3.05) is 5.75 Å². The van der Waals surface area contributed by atoms with E-state index in [2.05, 4.69) is 0 Å². The summed E-state index contributed by atoms with van der Waals surface area (Å²) >= 11 is 0. The van der Waals surface area contributed by atoms with E-state index in [0.717, 1.165) is 0 Å². The number of hydrogen-bond donors (Lipinski definition) is 3. The van der Waals surface area contributed by atoms with Gasteiger partial charge in [-0.3, -0.25) is 19.7 Å². The fourth-order valence-corrected chi connectivity index (χ4v) is 2.29. The van der Waals surface area contributed by atoms with E-state index in [-0.39, 0.29) is 12.8 Å². The van der Waals surface area contributed by atoms with E-state index >= 15 is 0 Å². The van der Waals surface area contributed by atoms with Crippen molar-refractivity contribution in [3.05, 3.63) is 0 Å². The molecule has 1 rings (SSSR count). The SMILES string of the molecule is O=C(O)CS(=O)(=O)NC1CCC(=O)NC1=O. The number of imide groups is 1. The highest BCUT2D eigenvalue weighted by Gasteiger charge is 2.30. The lowest BCUT2D eigenvalue weighted by Crippen LogP contribution is -2.52. The van der Waals surface area contributed by atoms with Gasteiger partial charge < -0.3 is 5.11 Å². The molecular formula is C7H10N2O6S. The number of piperidine rings is 1. The summed E-state index contributed by atoms with van der Waals surface area (Å²) in [4.78, 5) is 32.1. The van der Waals surface area contributed by atoms with Crippen LogP contribution >= 0.6 is 0 Å². The molecule has 1 unspecified atom stereocenters. The van der Waals surface area contributed by atoms with E-state index in [1.807, 2.05) is 10.0 Å². The van der Waals surface area contributed by atoms with Crippen LogP contribution in [0.4, 0.5) is 0 Å². The van der Waals surface area contributed by atoms with Crippen molar-refractivity contribution < 1.29 is 27.9 Å². The van der Waals surface area contributed by atoms with Crippen molar-refractivity contribution in [3.63, 3.8) is 0 Å². The van der Waals surface area contributed by atoms with Gasteiger partial charge in [-0.1, -0.05) is 0 Å². The third-order valence-electron chi connectivity index (χ3n) is 1.87. The van der Waals surface area contributed by atoms with Crippen molar-refractivity contribution in [1.82, 2.24) is 10.0 Å². The van der Waals surface area contributed by atoms with Gasteiger partial charge in [-0.25, -0.2) is 13.1 Å². The molecule has 0 aromatic heterocycles. The Morgan fingerprint density at radius 1 is 1.50 bits per heavy atom. The molecule has 0 aromatic carbocycles. The number of carboxylic acid groups (broad SMARTS) is 1. The largest absolute Gasteiger partial charge is 0.480 e. The van der Waals surface area contributed by atoms with Gasteiger partial charge in [0.05, 0.1) is 0 Å². The summed E-state index contributed by atoms with van der Waals surface area (Å²) in [5, 5.41) is 10.3. The number of hydrogen-bond acceptors (Lipinski definition) is 5. The van der Waals surface area contributed by atoms with Crippen molar-refractivity contribution in [3.8, 4) is 0 Å². The van der Waals surface area contributed by atoms with Crippen molar-refractivity contribution in [1.29, 1.82) is 0 Å². The monoisotopic (exact) mass is 250 g/mol. The number of amides is 2. The molecule has 0 radical (unpaired) electrons. The van der Waals surface area contributed by atoms with Gasteiger partial charge in [0.1, 0.15) is 6.04 Å². The Kier molecular flexibility index (Phi) is 3.60. The molecule has 0 saturated carbocycles. The van der Waals surface area contributed by atoms with Gasteiger partial charge in [0, 0.05) is 6.42 Å². The van der Waals surface area contributed by atoms with Crippen molar-refractivity contribution in [2.24, 2.45) is 0 Å². The minimum absolute atomic E-state index is 0.0198. The zero-order valence-corrected chi connectivity index (χ0v) is 8.91. The molecule has 0 bridgehead atoms. The molecule has 1 fully saturated rings. The third-order valence-corrected chi connectivity index (χ3v) is 3.15. The quantitative estimate of drug-likeness (QED) is 0.485. The average Bonchev–Trinajstić information content (AvgIpc) is 2.07. The molecule has 9 heteroatoms. The molecule has 1 aliphatic rings. The summed E-state index contributed by atoms with van der Waals surface area (Å²) in [6.07, 6.45) is 0.0511. The van der Waals surface area contributed by atoms with Gasteiger partial charge in [0.2, 0.25) is 21.8 Å². The number of carbonyl (C=O) groups excluding carboxylic acids is 2. The van der Waals surface area contributed by atoms with E-state index in [1.165, 1.54) is 0 Å². The number of sulfonamides is 1. The molecule has 8 nitrogen and oxygen atoms in total. The molecule has 2 amide bonds. The first-order valence-electron chi connectivity index (χ1n) is 4.35. The number of rotatable bonds is 4. The topological polar surface area (TPSA) is 130 Å². The van der Waals surface area contributed by atoms with Crippen LogP contribution < -0.4 is 10.0 Å². The van der Waals surface area contributed by atoms with Crippen LogP contribution in [-0.4, -0.2) is 43.1 Å². The lowest BCUT2D eigenvalue weighted by atomic mass is 10.1. The predicted octanol–water partition coefficient (Wildman–Crippen LogP) is -2.20. The molecule has 1 atom stereocenters. The van der Waals surface area contributed by atoms with Gasteiger partial charge in [-0.15, -0.1) is 0 Å². The maximum absolute atomic E-state index is 11.2. The van der Waals surface area contributed by atoms with Crippen LogP contribution in [0.3, 0.4) is 0 Å².